The van der Waals surface area contributed by atoms with Gasteiger partial charge in [-0.05, 0) is 49.4 Å². The smallest absolute Gasteiger partial charge is 0.252 e. The molecule has 34 heavy (non-hydrogen) atoms. The quantitative estimate of drug-likeness (QED) is 0.255. The zero-order valence-electron chi connectivity index (χ0n) is 18.6. The van der Waals surface area contributed by atoms with Gasteiger partial charge in [0.25, 0.3) is 5.91 Å². The van der Waals surface area contributed by atoms with Crippen molar-refractivity contribution in [1.82, 2.24) is 25.1 Å². The number of carbonyl (C=O) groups is 1. The van der Waals surface area contributed by atoms with Gasteiger partial charge >= 0.3 is 0 Å². The Morgan fingerprint density at radius 2 is 2.00 bits per heavy atom. The summed E-state index contributed by atoms with van der Waals surface area (Å²) in [5, 5.41) is 8.23. The summed E-state index contributed by atoms with van der Waals surface area (Å²) in [6.07, 6.45) is 6.76. The number of hydrogen-bond donors (Lipinski definition) is 1. The van der Waals surface area contributed by atoms with Gasteiger partial charge < -0.3 is 9.73 Å². The molecule has 0 spiro atoms. The van der Waals surface area contributed by atoms with Gasteiger partial charge in [-0.25, -0.2) is 9.67 Å². The Hall–Kier alpha value is -3.91. The minimum Gasteiger partial charge on any atom is -0.467 e. The molecule has 0 aliphatic heterocycles. The molecule has 4 heterocycles. The number of furan rings is 1. The van der Waals surface area contributed by atoms with E-state index in [4.69, 9.17) is 9.40 Å². The van der Waals surface area contributed by atoms with Crippen LogP contribution in [0, 0.1) is 6.92 Å². The van der Waals surface area contributed by atoms with E-state index in [1.165, 1.54) is 10.5 Å². The fraction of sp³-hybridized carbons (Fsp3) is 0.154. The number of rotatable bonds is 8. The first-order chi connectivity index (χ1) is 16.7. The molecule has 170 valence electrons. The topological polar surface area (TPSA) is 85.8 Å². The summed E-state index contributed by atoms with van der Waals surface area (Å²) < 4.78 is 7.22. The number of pyridine rings is 2. The normalized spacial score (nSPS) is 11.1. The van der Waals surface area contributed by atoms with Gasteiger partial charge in [-0.1, -0.05) is 17.7 Å². The monoisotopic (exact) mass is 469 g/mol. The molecule has 0 fully saturated rings. The van der Waals surface area contributed by atoms with Gasteiger partial charge in [-0.3, -0.25) is 9.78 Å². The number of nitrogens with zero attached hydrogens (tertiary/aromatic N) is 4. The van der Waals surface area contributed by atoms with E-state index in [-0.39, 0.29) is 5.91 Å². The van der Waals surface area contributed by atoms with Crippen LogP contribution in [-0.2, 0) is 6.54 Å². The van der Waals surface area contributed by atoms with Crippen LogP contribution in [0.3, 0.4) is 0 Å². The number of fused-ring (bicyclic) bond motifs is 1. The lowest BCUT2D eigenvalue weighted by molar-refractivity contribution is 0.0958. The third kappa shape index (κ3) is 4.87. The van der Waals surface area contributed by atoms with Crippen LogP contribution in [-0.4, -0.2) is 38.0 Å². The molecular weight excluding hydrogens is 446 g/mol. The Balaban J connectivity index is 1.40. The largest absolute Gasteiger partial charge is 0.467 e. The molecule has 0 saturated heterocycles. The summed E-state index contributed by atoms with van der Waals surface area (Å²) in [5.41, 5.74) is 3.89. The molecule has 7 nitrogen and oxygen atoms in total. The van der Waals surface area contributed by atoms with Crippen molar-refractivity contribution < 1.29 is 9.21 Å². The summed E-state index contributed by atoms with van der Waals surface area (Å²) >= 11 is 1.71. The fourth-order valence-electron chi connectivity index (χ4n) is 3.63. The van der Waals surface area contributed by atoms with Crippen molar-refractivity contribution in [2.75, 3.05) is 12.3 Å². The lowest BCUT2D eigenvalue weighted by Crippen LogP contribution is -2.26. The lowest BCUT2D eigenvalue weighted by Gasteiger charge is -2.10. The molecule has 0 saturated carbocycles. The van der Waals surface area contributed by atoms with Crippen LogP contribution in [0.25, 0.3) is 22.3 Å². The standard InChI is InChI=1S/C26H23N5O2S/c1-18-6-8-21(9-7-18)34-13-11-28-26(32)22-14-24(19-4-2-10-27-15-19)30-25-23(22)16-29-31(25)17-20-5-3-12-33-20/h2-10,12,14-16H,11,13,17H2,1H3,(H,28,32). The summed E-state index contributed by atoms with van der Waals surface area (Å²) in [7, 11) is 0. The van der Waals surface area contributed by atoms with Gasteiger partial charge in [-0.15, -0.1) is 11.8 Å². The Morgan fingerprint density at radius 3 is 2.76 bits per heavy atom. The first-order valence-corrected chi connectivity index (χ1v) is 11.9. The zero-order chi connectivity index (χ0) is 23.3. The highest BCUT2D eigenvalue weighted by Crippen LogP contribution is 2.25. The third-order valence-electron chi connectivity index (χ3n) is 5.37. The van der Waals surface area contributed by atoms with Crippen molar-refractivity contribution in [2.24, 2.45) is 0 Å². The highest BCUT2D eigenvalue weighted by atomic mass is 32.2. The summed E-state index contributed by atoms with van der Waals surface area (Å²) in [6.45, 7) is 3.04. The molecule has 5 rings (SSSR count). The second kappa shape index (κ2) is 9.93. The van der Waals surface area contributed by atoms with E-state index >= 15 is 0 Å². The molecule has 5 aromatic rings. The van der Waals surface area contributed by atoms with E-state index in [0.717, 1.165) is 17.1 Å². The maximum absolute atomic E-state index is 13.2. The number of thioether (sulfide) groups is 1. The number of hydrogen-bond acceptors (Lipinski definition) is 6. The molecule has 0 aliphatic carbocycles. The number of benzene rings is 1. The molecular formula is C26H23N5O2S. The third-order valence-corrected chi connectivity index (χ3v) is 6.39. The van der Waals surface area contributed by atoms with Crippen molar-refractivity contribution in [2.45, 2.75) is 18.4 Å². The highest BCUT2D eigenvalue weighted by molar-refractivity contribution is 7.99. The first-order valence-electron chi connectivity index (χ1n) is 10.9. The minimum atomic E-state index is -0.153. The van der Waals surface area contributed by atoms with Crippen LogP contribution in [0.2, 0.25) is 0 Å². The van der Waals surface area contributed by atoms with Crippen LogP contribution in [0.1, 0.15) is 21.7 Å². The number of amides is 1. The van der Waals surface area contributed by atoms with Crippen molar-refractivity contribution in [3.63, 3.8) is 0 Å². The number of nitrogens with one attached hydrogen (secondary N) is 1. The van der Waals surface area contributed by atoms with Gasteiger partial charge in [0.1, 0.15) is 12.3 Å². The fourth-order valence-corrected chi connectivity index (χ4v) is 4.40. The van der Waals surface area contributed by atoms with E-state index < -0.39 is 0 Å². The first kappa shape index (κ1) is 21.9. The highest BCUT2D eigenvalue weighted by Gasteiger charge is 2.18. The zero-order valence-corrected chi connectivity index (χ0v) is 19.5. The molecule has 4 aromatic heterocycles. The van der Waals surface area contributed by atoms with Crippen molar-refractivity contribution >= 4 is 28.7 Å². The maximum Gasteiger partial charge on any atom is 0.252 e. The molecule has 1 aromatic carbocycles. The van der Waals surface area contributed by atoms with Crippen LogP contribution in [0.4, 0.5) is 0 Å². The van der Waals surface area contributed by atoms with Crippen LogP contribution in [0.15, 0.2) is 88.8 Å². The van der Waals surface area contributed by atoms with E-state index in [1.807, 2.05) is 24.3 Å². The summed E-state index contributed by atoms with van der Waals surface area (Å²) in [4.78, 5) is 23.4. The van der Waals surface area contributed by atoms with Crippen molar-refractivity contribution in [3.05, 3.63) is 96.3 Å². The summed E-state index contributed by atoms with van der Waals surface area (Å²) in [5.74, 6) is 1.38. The maximum atomic E-state index is 13.2. The molecule has 1 N–H and O–H groups in total. The van der Waals surface area contributed by atoms with Gasteiger partial charge in [0.2, 0.25) is 0 Å². The molecule has 1 amide bonds. The van der Waals surface area contributed by atoms with Crippen LogP contribution in [0.5, 0.6) is 0 Å². The van der Waals surface area contributed by atoms with Gasteiger partial charge in [-0.2, -0.15) is 5.10 Å². The average molecular weight is 470 g/mol. The van der Waals surface area contributed by atoms with E-state index in [9.17, 15) is 4.79 Å². The number of aromatic nitrogens is 4. The van der Waals surface area contributed by atoms with Gasteiger partial charge in [0, 0.05) is 35.2 Å². The number of aryl methyl sites for hydroxylation is 1. The molecule has 8 heteroatoms. The Kier molecular flexibility index (Phi) is 6.40. The van der Waals surface area contributed by atoms with Crippen molar-refractivity contribution in [1.29, 1.82) is 0 Å². The molecule has 0 aliphatic rings. The predicted molar refractivity (Wildman–Crippen MR) is 133 cm³/mol. The molecule has 0 bridgehead atoms. The van der Waals surface area contributed by atoms with E-state index in [0.29, 0.717) is 35.4 Å². The summed E-state index contributed by atoms with van der Waals surface area (Å²) in [6, 6.07) is 17.7. The van der Waals surface area contributed by atoms with E-state index in [2.05, 4.69) is 46.6 Å². The van der Waals surface area contributed by atoms with Crippen molar-refractivity contribution in [3.8, 4) is 11.3 Å². The lowest BCUT2D eigenvalue weighted by atomic mass is 10.1. The Labute approximate surface area is 201 Å². The second-order valence-corrected chi connectivity index (χ2v) is 9.00. The van der Waals surface area contributed by atoms with E-state index in [1.54, 1.807) is 47.4 Å². The Morgan fingerprint density at radius 1 is 1.12 bits per heavy atom. The van der Waals surface area contributed by atoms with Crippen LogP contribution >= 0.6 is 11.8 Å². The predicted octanol–water partition coefficient (Wildman–Crippen LogP) is 4.97. The SMILES string of the molecule is Cc1ccc(SCCNC(=O)c2cc(-c3cccnc3)nc3c2cnn3Cc2ccco2)cc1. The van der Waals surface area contributed by atoms with Crippen LogP contribution < -0.4 is 5.32 Å². The minimum absolute atomic E-state index is 0.153. The second-order valence-electron chi connectivity index (χ2n) is 7.83. The van der Waals surface area contributed by atoms with Gasteiger partial charge in [0.15, 0.2) is 5.65 Å². The van der Waals surface area contributed by atoms with Gasteiger partial charge in [0.05, 0.1) is 29.1 Å². The molecule has 0 atom stereocenters. The Bertz CT molecular complexity index is 1400. The molecule has 0 radical (unpaired) electrons. The number of carbonyl (C=O) groups excluding carboxylic acids is 1. The average Bonchev–Trinajstić information content (AvgIpc) is 3.53. The molecule has 0 unspecified atom stereocenters.